The van der Waals surface area contributed by atoms with Gasteiger partial charge < -0.3 is 4.84 Å². The Balaban J connectivity index is 2.74. The molecule has 4 heteroatoms. The van der Waals surface area contributed by atoms with Gasteiger partial charge in [-0.15, -0.1) is 11.6 Å². The lowest BCUT2D eigenvalue weighted by molar-refractivity contribution is 0.324. The van der Waals surface area contributed by atoms with Crippen LogP contribution < -0.4 is 5.90 Å². The van der Waals surface area contributed by atoms with E-state index in [4.69, 9.17) is 17.5 Å². The molecule has 1 rings (SSSR count). The lowest BCUT2D eigenvalue weighted by Crippen LogP contribution is -2.07. The van der Waals surface area contributed by atoms with Crippen LogP contribution in [0.15, 0.2) is 53.7 Å². The van der Waals surface area contributed by atoms with E-state index in [-0.39, 0.29) is 11.8 Å². The third kappa shape index (κ3) is 4.29. The maximum Gasteiger partial charge on any atom is 0.237 e. The zero-order valence-corrected chi connectivity index (χ0v) is 9.52. The van der Waals surface area contributed by atoms with Crippen LogP contribution in [0, 0.1) is 0 Å². The SMILES string of the molecule is C=C(CCl)/N=C(/C=C/c1ccccc1)ON. The van der Waals surface area contributed by atoms with Gasteiger partial charge in [-0.1, -0.05) is 36.9 Å². The molecule has 0 heterocycles. The fraction of sp³-hybridized carbons (Fsp3) is 0.0833. The van der Waals surface area contributed by atoms with Gasteiger partial charge in [-0.25, -0.2) is 4.99 Å². The summed E-state index contributed by atoms with van der Waals surface area (Å²) in [5, 5.41) is 0. The quantitative estimate of drug-likeness (QED) is 0.378. The molecule has 0 aliphatic carbocycles. The minimum atomic E-state index is 0.242. The lowest BCUT2D eigenvalue weighted by atomic mass is 10.2. The van der Waals surface area contributed by atoms with Gasteiger partial charge in [0.05, 0.1) is 11.6 Å². The second-order valence-electron chi connectivity index (χ2n) is 3.01. The Labute approximate surface area is 99.8 Å². The number of halogens is 1. The largest absolute Gasteiger partial charge is 0.391 e. The van der Waals surface area contributed by atoms with Crippen molar-refractivity contribution < 1.29 is 4.84 Å². The number of hydrogen-bond acceptors (Lipinski definition) is 3. The van der Waals surface area contributed by atoms with E-state index in [1.165, 1.54) is 0 Å². The van der Waals surface area contributed by atoms with Crippen molar-refractivity contribution in [3.63, 3.8) is 0 Å². The summed E-state index contributed by atoms with van der Waals surface area (Å²) in [6.45, 7) is 3.63. The molecule has 2 N–H and O–H groups in total. The molecule has 0 amide bonds. The molecule has 84 valence electrons. The van der Waals surface area contributed by atoms with E-state index in [9.17, 15) is 0 Å². The molecule has 16 heavy (non-hydrogen) atoms. The highest BCUT2D eigenvalue weighted by Gasteiger charge is 1.95. The summed E-state index contributed by atoms with van der Waals surface area (Å²) in [4.78, 5) is 8.57. The first kappa shape index (κ1) is 12.5. The Kier molecular flexibility index (Phi) is 5.32. The molecule has 0 spiro atoms. The fourth-order valence-electron chi connectivity index (χ4n) is 1.02. The molecule has 0 radical (unpaired) electrons. The van der Waals surface area contributed by atoms with Gasteiger partial charge in [0.25, 0.3) is 0 Å². The van der Waals surface area contributed by atoms with Crippen molar-refractivity contribution in [3.05, 3.63) is 54.2 Å². The van der Waals surface area contributed by atoms with E-state index in [2.05, 4.69) is 16.4 Å². The van der Waals surface area contributed by atoms with Crippen LogP contribution in [0.25, 0.3) is 6.08 Å². The molecule has 0 unspecified atom stereocenters. The van der Waals surface area contributed by atoms with Crippen LogP contribution in [0.3, 0.4) is 0 Å². The van der Waals surface area contributed by atoms with Crippen LogP contribution in [0.1, 0.15) is 5.56 Å². The van der Waals surface area contributed by atoms with Crippen LogP contribution in [-0.2, 0) is 4.84 Å². The summed E-state index contributed by atoms with van der Waals surface area (Å²) >= 11 is 5.54. The monoisotopic (exact) mass is 236 g/mol. The Bertz CT molecular complexity index is 399. The van der Waals surface area contributed by atoms with Gasteiger partial charge >= 0.3 is 0 Å². The summed E-state index contributed by atoms with van der Waals surface area (Å²) in [5.74, 6) is 5.59. The number of rotatable bonds is 4. The van der Waals surface area contributed by atoms with Crippen LogP contribution in [0.4, 0.5) is 0 Å². The smallest absolute Gasteiger partial charge is 0.237 e. The molecule has 0 atom stereocenters. The van der Waals surface area contributed by atoms with Crippen molar-refractivity contribution >= 4 is 23.6 Å². The highest BCUT2D eigenvalue weighted by molar-refractivity contribution is 6.19. The van der Waals surface area contributed by atoms with Gasteiger partial charge in [0.15, 0.2) is 0 Å². The minimum Gasteiger partial charge on any atom is -0.391 e. The Hall–Kier alpha value is -1.58. The van der Waals surface area contributed by atoms with Gasteiger partial charge in [0.1, 0.15) is 0 Å². The van der Waals surface area contributed by atoms with E-state index in [0.29, 0.717) is 5.70 Å². The molecule has 0 saturated heterocycles. The van der Waals surface area contributed by atoms with Crippen molar-refractivity contribution in [1.29, 1.82) is 0 Å². The van der Waals surface area contributed by atoms with Crippen molar-refractivity contribution in [2.75, 3.05) is 5.88 Å². The van der Waals surface area contributed by atoms with Crippen LogP contribution in [-0.4, -0.2) is 11.8 Å². The topological polar surface area (TPSA) is 47.6 Å². The number of nitrogens with two attached hydrogens (primary N) is 1. The van der Waals surface area contributed by atoms with Crippen molar-refractivity contribution in [2.45, 2.75) is 0 Å². The molecule has 0 aliphatic rings. The predicted molar refractivity (Wildman–Crippen MR) is 68.0 cm³/mol. The van der Waals surface area contributed by atoms with Crippen molar-refractivity contribution in [2.24, 2.45) is 10.9 Å². The van der Waals surface area contributed by atoms with Gasteiger partial charge in [-0.05, 0) is 11.6 Å². The fourth-order valence-corrected chi connectivity index (χ4v) is 1.08. The van der Waals surface area contributed by atoms with E-state index in [1.807, 2.05) is 36.4 Å². The maximum absolute atomic E-state index is 5.54. The second kappa shape index (κ2) is 6.82. The number of hydrogen-bond donors (Lipinski definition) is 1. The van der Waals surface area contributed by atoms with E-state index >= 15 is 0 Å². The van der Waals surface area contributed by atoms with Gasteiger partial charge in [0.2, 0.25) is 5.90 Å². The third-order valence-electron chi connectivity index (χ3n) is 1.76. The highest BCUT2D eigenvalue weighted by Crippen LogP contribution is 2.03. The van der Waals surface area contributed by atoms with E-state index in [1.54, 1.807) is 6.08 Å². The highest BCUT2D eigenvalue weighted by atomic mass is 35.5. The Morgan fingerprint density at radius 1 is 1.44 bits per heavy atom. The molecule has 0 saturated carbocycles. The molecular formula is C12H13ClN2O. The summed E-state index contributed by atoms with van der Waals surface area (Å²) < 4.78 is 0. The van der Waals surface area contributed by atoms with Crippen molar-refractivity contribution in [3.8, 4) is 0 Å². The zero-order valence-electron chi connectivity index (χ0n) is 8.77. The predicted octanol–water partition coefficient (Wildman–Crippen LogP) is 2.74. The van der Waals surface area contributed by atoms with E-state index < -0.39 is 0 Å². The first-order chi connectivity index (χ1) is 7.76. The van der Waals surface area contributed by atoms with Crippen LogP contribution >= 0.6 is 11.6 Å². The summed E-state index contributed by atoms with van der Waals surface area (Å²) in [7, 11) is 0. The number of nitrogens with zero attached hydrogens (tertiary/aromatic N) is 1. The first-order valence-corrected chi connectivity index (χ1v) is 5.22. The number of alkyl halides is 1. The standard InChI is InChI=1S/C12H13ClN2O/c1-10(9-13)15-12(16-14)8-7-11-5-3-2-4-6-11/h2-8H,1,9,14H2/b8-7+,15-12-. The van der Waals surface area contributed by atoms with Crippen LogP contribution in [0.2, 0.25) is 0 Å². The number of allylic oxidation sites excluding steroid dienone is 1. The molecular weight excluding hydrogens is 224 g/mol. The molecule has 0 bridgehead atoms. The van der Waals surface area contributed by atoms with Crippen molar-refractivity contribution in [1.82, 2.24) is 0 Å². The number of aliphatic imine (C=N–C) groups is 1. The van der Waals surface area contributed by atoms with Gasteiger partial charge in [-0.2, -0.15) is 5.90 Å². The average Bonchev–Trinajstić information content (AvgIpc) is 2.35. The average molecular weight is 237 g/mol. The van der Waals surface area contributed by atoms with E-state index in [0.717, 1.165) is 5.56 Å². The van der Waals surface area contributed by atoms with Gasteiger partial charge in [-0.3, -0.25) is 0 Å². The first-order valence-electron chi connectivity index (χ1n) is 4.68. The molecule has 0 aliphatic heterocycles. The Morgan fingerprint density at radius 2 is 2.12 bits per heavy atom. The minimum absolute atomic E-state index is 0.242. The molecule has 3 nitrogen and oxygen atoms in total. The Morgan fingerprint density at radius 3 is 2.69 bits per heavy atom. The maximum atomic E-state index is 5.54. The molecule has 0 aromatic heterocycles. The van der Waals surface area contributed by atoms with Gasteiger partial charge in [0, 0.05) is 6.08 Å². The summed E-state index contributed by atoms with van der Waals surface area (Å²) in [6.07, 6.45) is 3.50. The molecule has 0 fully saturated rings. The molecule has 1 aromatic carbocycles. The normalized spacial score (nSPS) is 11.8. The zero-order chi connectivity index (χ0) is 11.8. The molecule has 1 aromatic rings. The second-order valence-corrected chi connectivity index (χ2v) is 3.28. The third-order valence-corrected chi connectivity index (χ3v) is 2.07. The summed E-state index contributed by atoms with van der Waals surface area (Å²) in [5.41, 5.74) is 1.53. The lowest BCUT2D eigenvalue weighted by Gasteiger charge is -1.98. The summed E-state index contributed by atoms with van der Waals surface area (Å²) in [6, 6.07) is 9.75. The van der Waals surface area contributed by atoms with Crippen LogP contribution in [0.5, 0.6) is 0 Å². The number of benzene rings is 1.